The van der Waals surface area contributed by atoms with E-state index in [0.717, 1.165) is 22.7 Å². The third-order valence-electron chi connectivity index (χ3n) is 2.64. The van der Waals surface area contributed by atoms with E-state index in [9.17, 15) is 0 Å². The summed E-state index contributed by atoms with van der Waals surface area (Å²) in [5, 5.41) is 4.83. The number of imidazole rings is 1. The van der Waals surface area contributed by atoms with Crippen LogP contribution in [0.15, 0.2) is 35.0 Å². The Morgan fingerprint density at radius 2 is 2.24 bits per heavy atom. The molecular formula is C12H10ClN3S. The first kappa shape index (κ1) is 10.6. The average molecular weight is 264 g/mol. The molecule has 3 aromatic rings. The van der Waals surface area contributed by atoms with Crippen molar-refractivity contribution >= 4 is 45.6 Å². The smallest absolute Gasteiger partial charge is 0.208 e. The molecule has 86 valence electrons. The number of halogens is 1. The fourth-order valence-corrected chi connectivity index (χ4v) is 2.53. The minimum Gasteiger partial charge on any atom is -0.324 e. The summed E-state index contributed by atoms with van der Waals surface area (Å²) in [5.74, 6) is 0.820. The summed E-state index contributed by atoms with van der Waals surface area (Å²) in [4.78, 5) is 9.81. The standard InChI is InChI=1S/C12H10ClN3S/c1-16(9-4-5-17-7-9)12-14-10-3-2-8(13)6-11(10)15-12/h2-7H,1H3,(H,14,15). The summed E-state index contributed by atoms with van der Waals surface area (Å²) in [6.45, 7) is 0. The molecule has 1 N–H and O–H groups in total. The Morgan fingerprint density at radius 1 is 1.35 bits per heavy atom. The van der Waals surface area contributed by atoms with Gasteiger partial charge in [0.2, 0.25) is 5.95 Å². The van der Waals surface area contributed by atoms with Gasteiger partial charge < -0.3 is 9.88 Å². The molecule has 0 radical (unpaired) electrons. The van der Waals surface area contributed by atoms with Gasteiger partial charge in [0.1, 0.15) is 0 Å². The lowest BCUT2D eigenvalue weighted by Gasteiger charge is -2.12. The zero-order chi connectivity index (χ0) is 11.8. The molecule has 3 nitrogen and oxygen atoms in total. The number of thiophene rings is 1. The molecule has 2 heterocycles. The van der Waals surface area contributed by atoms with Gasteiger partial charge in [0.15, 0.2) is 0 Å². The van der Waals surface area contributed by atoms with E-state index < -0.39 is 0 Å². The second kappa shape index (κ2) is 4.05. The number of H-pyrrole nitrogens is 1. The Kier molecular flexibility index (Phi) is 2.53. The van der Waals surface area contributed by atoms with Gasteiger partial charge in [0.25, 0.3) is 0 Å². The fraction of sp³-hybridized carbons (Fsp3) is 0.0833. The second-order valence-corrected chi connectivity index (χ2v) is 4.98. The minimum absolute atomic E-state index is 0.703. The topological polar surface area (TPSA) is 31.9 Å². The van der Waals surface area contributed by atoms with Crippen LogP contribution in [0, 0.1) is 0 Å². The normalized spacial score (nSPS) is 10.9. The van der Waals surface area contributed by atoms with E-state index in [4.69, 9.17) is 11.6 Å². The van der Waals surface area contributed by atoms with Gasteiger partial charge in [-0.3, -0.25) is 0 Å². The number of rotatable bonds is 2. The summed E-state index contributed by atoms with van der Waals surface area (Å²) in [5.41, 5.74) is 3.00. The van der Waals surface area contributed by atoms with Crippen LogP contribution in [0.4, 0.5) is 11.6 Å². The zero-order valence-electron chi connectivity index (χ0n) is 9.14. The van der Waals surface area contributed by atoms with Crippen molar-refractivity contribution in [2.75, 3.05) is 11.9 Å². The molecule has 0 aliphatic carbocycles. The van der Waals surface area contributed by atoms with Crippen LogP contribution in [0.2, 0.25) is 5.02 Å². The number of aromatic amines is 1. The van der Waals surface area contributed by atoms with E-state index >= 15 is 0 Å². The number of hydrogen-bond acceptors (Lipinski definition) is 3. The molecule has 0 saturated heterocycles. The van der Waals surface area contributed by atoms with Crippen LogP contribution in [0.25, 0.3) is 11.0 Å². The van der Waals surface area contributed by atoms with Crippen LogP contribution < -0.4 is 4.90 Å². The molecule has 0 amide bonds. The average Bonchev–Trinajstić information content (AvgIpc) is 2.96. The van der Waals surface area contributed by atoms with Crippen LogP contribution in [-0.4, -0.2) is 17.0 Å². The van der Waals surface area contributed by atoms with Crippen LogP contribution in [0.5, 0.6) is 0 Å². The molecule has 3 rings (SSSR count). The number of nitrogens with zero attached hydrogens (tertiary/aromatic N) is 2. The third kappa shape index (κ3) is 1.90. The molecule has 2 aromatic heterocycles. The monoisotopic (exact) mass is 263 g/mol. The zero-order valence-corrected chi connectivity index (χ0v) is 10.7. The molecule has 0 aliphatic heterocycles. The van der Waals surface area contributed by atoms with Crippen molar-refractivity contribution in [3.8, 4) is 0 Å². The molecule has 0 spiro atoms. The molecule has 1 aromatic carbocycles. The molecule has 0 fully saturated rings. The Bertz CT molecular complexity index is 645. The van der Waals surface area contributed by atoms with Crippen molar-refractivity contribution in [3.05, 3.63) is 40.0 Å². The van der Waals surface area contributed by atoms with Gasteiger partial charge in [-0.25, -0.2) is 4.98 Å². The Hall–Kier alpha value is -1.52. The first-order valence-electron chi connectivity index (χ1n) is 5.15. The highest BCUT2D eigenvalue weighted by atomic mass is 35.5. The number of nitrogens with one attached hydrogen (secondary N) is 1. The Morgan fingerprint density at radius 3 is 3.00 bits per heavy atom. The molecule has 0 unspecified atom stereocenters. The summed E-state index contributed by atoms with van der Waals surface area (Å²) in [7, 11) is 1.99. The van der Waals surface area contributed by atoms with E-state index in [0.29, 0.717) is 5.02 Å². The molecular weight excluding hydrogens is 254 g/mol. The quantitative estimate of drug-likeness (QED) is 0.757. The minimum atomic E-state index is 0.703. The predicted octanol–water partition coefficient (Wildman–Crippen LogP) is 4.05. The maximum atomic E-state index is 5.94. The van der Waals surface area contributed by atoms with Crippen molar-refractivity contribution in [2.45, 2.75) is 0 Å². The maximum absolute atomic E-state index is 5.94. The third-order valence-corrected chi connectivity index (χ3v) is 3.55. The maximum Gasteiger partial charge on any atom is 0.208 e. The van der Waals surface area contributed by atoms with E-state index in [1.165, 1.54) is 0 Å². The summed E-state index contributed by atoms with van der Waals surface area (Å²) >= 11 is 7.61. The summed E-state index contributed by atoms with van der Waals surface area (Å²) in [6, 6.07) is 7.72. The number of benzene rings is 1. The molecule has 0 atom stereocenters. The second-order valence-electron chi connectivity index (χ2n) is 3.76. The van der Waals surface area contributed by atoms with Crippen LogP contribution >= 0.6 is 22.9 Å². The highest BCUT2D eigenvalue weighted by Crippen LogP contribution is 2.26. The van der Waals surface area contributed by atoms with Gasteiger partial charge in [-0.15, -0.1) is 0 Å². The summed E-state index contributed by atoms with van der Waals surface area (Å²) in [6.07, 6.45) is 0. The van der Waals surface area contributed by atoms with E-state index in [-0.39, 0.29) is 0 Å². The number of fused-ring (bicyclic) bond motifs is 1. The van der Waals surface area contributed by atoms with E-state index in [2.05, 4.69) is 21.4 Å². The SMILES string of the molecule is CN(c1ccsc1)c1nc2cc(Cl)ccc2[nH]1. The van der Waals surface area contributed by atoms with Crippen molar-refractivity contribution in [3.63, 3.8) is 0 Å². The molecule has 5 heteroatoms. The number of aromatic nitrogens is 2. The fourth-order valence-electron chi connectivity index (χ4n) is 1.69. The lowest BCUT2D eigenvalue weighted by Crippen LogP contribution is -2.09. The van der Waals surface area contributed by atoms with Gasteiger partial charge in [-0.1, -0.05) is 11.6 Å². The lowest BCUT2D eigenvalue weighted by atomic mass is 10.3. The van der Waals surface area contributed by atoms with Gasteiger partial charge in [0.05, 0.1) is 16.7 Å². The van der Waals surface area contributed by atoms with Gasteiger partial charge in [-0.2, -0.15) is 11.3 Å². The van der Waals surface area contributed by atoms with E-state index in [1.807, 2.05) is 35.5 Å². The van der Waals surface area contributed by atoms with Crippen LogP contribution in [0.3, 0.4) is 0 Å². The largest absolute Gasteiger partial charge is 0.324 e. The summed E-state index contributed by atoms with van der Waals surface area (Å²) < 4.78 is 0. The van der Waals surface area contributed by atoms with Gasteiger partial charge in [0, 0.05) is 17.5 Å². The van der Waals surface area contributed by atoms with Crippen molar-refractivity contribution < 1.29 is 0 Å². The predicted molar refractivity (Wildman–Crippen MR) is 73.5 cm³/mol. The van der Waals surface area contributed by atoms with Crippen LogP contribution in [0.1, 0.15) is 0 Å². The van der Waals surface area contributed by atoms with Crippen LogP contribution in [-0.2, 0) is 0 Å². The Balaban J connectivity index is 2.06. The molecule has 17 heavy (non-hydrogen) atoms. The highest BCUT2D eigenvalue weighted by molar-refractivity contribution is 7.08. The Labute approximate surface area is 108 Å². The van der Waals surface area contributed by atoms with E-state index in [1.54, 1.807) is 11.3 Å². The first-order valence-corrected chi connectivity index (χ1v) is 6.47. The highest BCUT2D eigenvalue weighted by Gasteiger charge is 2.09. The number of hydrogen-bond donors (Lipinski definition) is 1. The van der Waals surface area contributed by atoms with Gasteiger partial charge >= 0.3 is 0 Å². The first-order chi connectivity index (χ1) is 8.24. The van der Waals surface area contributed by atoms with Gasteiger partial charge in [-0.05, 0) is 29.6 Å². The molecule has 0 bridgehead atoms. The van der Waals surface area contributed by atoms with Crippen molar-refractivity contribution in [1.29, 1.82) is 0 Å². The molecule has 0 aliphatic rings. The van der Waals surface area contributed by atoms with Crippen molar-refractivity contribution in [2.24, 2.45) is 0 Å². The van der Waals surface area contributed by atoms with Crippen molar-refractivity contribution in [1.82, 2.24) is 9.97 Å². The number of anilines is 2. The molecule has 0 saturated carbocycles. The lowest BCUT2D eigenvalue weighted by molar-refractivity contribution is 1.11.